The SMILES string of the molecule is CC/C=C(\OS(=O)(=O)C(F)(F)F)c1ccccc1. The molecule has 7 heteroatoms. The molecule has 1 aromatic rings. The lowest BCUT2D eigenvalue weighted by Crippen LogP contribution is -2.25. The number of allylic oxidation sites excluding steroid dienone is 1. The molecule has 18 heavy (non-hydrogen) atoms. The Morgan fingerprint density at radius 3 is 2.28 bits per heavy atom. The van der Waals surface area contributed by atoms with E-state index < -0.39 is 15.6 Å². The minimum absolute atomic E-state index is 0.271. The second kappa shape index (κ2) is 5.43. The highest BCUT2D eigenvalue weighted by atomic mass is 32.2. The van der Waals surface area contributed by atoms with Gasteiger partial charge in [-0.3, -0.25) is 0 Å². The van der Waals surface area contributed by atoms with Crippen molar-refractivity contribution in [3.8, 4) is 0 Å². The fourth-order valence-electron chi connectivity index (χ4n) is 1.15. The van der Waals surface area contributed by atoms with Crippen LogP contribution in [0.15, 0.2) is 36.4 Å². The summed E-state index contributed by atoms with van der Waals surface area (Å²) >= 11 is 0. The van der Waals surface area contributed by atoms with Gasteiger partial charge in [0, 0.05) is 5.56 Å². The molecular weight excluding hydrogens is 269 g/mol. The van der Waals surface area contributed by atoms with E-state index in [9.17, 15) is 21.6 Å². The lowest BCUT2D eigenvalue weighted by Gasteiger charge is -2.12. The molecule has 0 unspecified atom stereocenters. The second-order valence-corrected chi connectivity index (χ2v) is 4.86. The molecule has 0 saturated heterocycles. The van der Waals surface area contributed by atoms with Crippen LogP contribution in [-0.4, -0.2) is 13.9 Å². The maximum absolute atomic E-state index is 12.2. The molecule has 0 fully saturated rings. The summed E-state index contributed by atoms with van der Waals surface area (Å²) < 4.78 is 62.6. The van der Waals surface area contributed by atoms with Crippen LogP contribution in [0.1, 0.15) is 18.9 Å². The van der Waals surface area contributed by atoms with Crippen molar-refractivity contribution < 1.29 is 25.8 Å². The van der Waals surface area contributed by atoms with Crippen molar-refractivity contribution in [1.82, 2.24) is 0 Å². The topological polar surface area (TPSA) is 43.4 Å². The molecule has 0 N–H and O–H groups in total. The van der Waals surface area contributed by atoms with Crippen LogP contribution >= 0.6 is 0 Å². The van der Waals surface area contributed by atoms with Crippen molar-refractivity contribution in [1.29, 1.82) is 0 Å². The van der Waals surface area contributed by atoms with E-state index in [1.54, 1.807) is 25.1 Å². The van der Waals surface area contributed by atoms with Gasteiger partial charge in [0.15, 0.2) is 0 Å². The third-order valence-electron chi connectivity index (χ3n) is 1.93. The van der Waals surface area contributed by atoms with Gasteiger partial charge >= 0.3 is 15.6 Å². The molecule has 0 radical (unpaired) electrons. The first-order valence-electron chi connectivity index (χ1n) is 5.04. The van der Waals surface area contributed by atoms with Gasteiger partial charge in [-0.2, -0.15) is 21.6 Å². The lowest BCUT2D eigenvalue weighted by atomic mass is 10.2. The molecule has 0 saturated carbocycles. The van der Waals surface area contributed by atoms with Crippen LogP contribution in [0, 0.1) is 0 Å². The number of hydrogen-bond acceptors (Lipinski definition) is 3. The van der Waals surface area contributed by atoms with E-state index in [-0.39, 0.29) is 11.3 Å². The van der Waals surface area contributed by atoms with Gasteiger partial charge in [0.1, 0.15) is 5.76 Å². The van der Waals surface area contributed by atoms with E-state index >= 15 is 0 Å². The molecule has 0 bridgehead atoms. The van der Waals surface area contributed by atoms with Crippen LogP contribution in [0.3, 0.4) is 0 Å². The zero-order chi connectivity index (χ0) is 13.8. The Bertz CT molecular complexity index is 518. The fraction of sp³-hybridized carbons (Fsp3) is 0.273. The van der Waals surface area contributed by atoms with Gasteiger partial charge in [0.2, 0.25) is 0 Å². The minimum Gasteiger partial charge on any atom is -0.376 e. The van der Waals surface area contributed by atoms with Crippen molar-refractivity contribution >= 4 is 15.9 Å². The third-order valence-corrected chi connectivity index (χ3v) is 2.90. The first-order chi connectivity index (χ1) is 8.28. The van der Waals surface area contributed by atoms with Crippen LogP contribution in [-0.2, 0) is 14.3 Å². The maximum Gasteiger partial charge on any atom is 0.534 e. The monoisotopic (exact) mass is 280 g/mol. The van der Waals surface area contributed by atoms with Crippen molar-refractivity contribution in [3.05, 3.63) is 42.0 Å². The standard InChI is InChI=1S/C11H11F3O3S/c1-2-6-10(9-7-4-3-5-8-9)17-18(15,16)11(12,13)14/h3-8H,2H2,1H3/b10-6-. The van der Waals surface area contributed by atoms with Crippen molar-refractivity contribution in [2.24, 2.45) is 0 Å². The summed E-state index contributed by atoms with van der Waals surface area (Å²) in [5.74, 6) is -0.324. The Morgan fingerprint density at radius 1 is 1.28 bits per heavy atom. The van der Waals surface area contributed by atoms with Gasteiger partial charge in [-0.15, -0.1) is 0 Å². The van der Waals surface area contributed by atoms with Gasteiger partial charge in [-0.05, 0) is 12.5 Å². The largest absolute Gasteiger partial charge is 0.534 e. The Labute approximate surface area is 103 Å². The van der Waals surface area contributed by atoms with Crippen LogP contribution in [0.25, 0.3) is 5.76 Å². The molecule has 0 aliphatic heterocycles. The zero-order valence-corrected chi connectivity index (χ0v) is 10.3. The van der Waals surface area contributed by atoms with Crippen molar-refractivity contribution in [3.63, 3.8) is 0 Å². The smallest absolute Gasteiger partial charge is 0.376 e. The summed E-state index contributed by atoms with van der Waals surface area (Å²) in [5.41, 5.74) is -5.17. The van der Waals surface area contributed by atoms with Gasteiger partial charge in [0.25, 0.3) is 0 Å². The van der Waals surface area contributed by atoms with E-state index in [4.69, 9.17) is 0 Å². The average Bonchev–Trinajstić information content (AvgIpc) is 2.28. The molecule has 0 aliphatic carbocycles. The minimum atomic E-state index is -5.64. The molecule has 3 nitrogen and oxygen atoms in total. The first-order valence-corrected chi connectivity index (χ1v) is 6.45. The van der Waals surface area contributed by atoms with E-state index in [1.807, 2.05) is 0 Å². The molecule has 0 heterocycles. The van der Waals surface area contributed by atoms with Crippen molar-refractivity contribution in [2.75, 3.05) is 0 Å². The molecule has 1 rings (SSSR count). The van der Waals surface area contributed by atoms with E-state index in [2.05, 4.69) is 4.18 Å². The van der Waals surface area contributed by atoms with Crippen LogP contribution in [0.5, 0.6) is 0 Å². The molecule has 0 aliphatic rings. The second-order valence-electron chi connectivity index (χ2n) is 3.33. The number of benzene rings is 1. The number of rotatable bonds is 4. The molecule has 100 valence electrons. The summed E-state index contributed by atoms with van der Waals surface area (Å²) in [6.07, 6.45) is 1.62. The summed E-state index contributed by atoms with van der Waals surface area (Å²) in [6, 6.07) is 7.73. The zero-order valence-electron chi connectivity index (χ0n) is 9.44. The van der Waals surface area contributed by atoms with E-state index in [1.165, 1.54) is 18.2 Å². The molecule has 0 aromatic heterocycles. The summed E-state index contributed by atoms with van der Waals surface area (Å²) in [6.45, 7) is 1.66. The predicted molar refractivity (Wildman–Crippen MR) is 60.8 cm³/mol. The third kappa shape index (κ3) is 3.49. The summed E-state index contributed by atoms with van der Waals surface area (Å²) in [7, 11) is -5.64. The van der Waals surface area contributed by atoms with Crippen LogP contribution in [0.4, 0.5) is 13.2 Å². The van der Waals surface area contributed by atoms with Gasteiger partial charge in [-0.25, -0.2) is 0 Å². The first kappa shape index (κ1) is 14.6. The highest BCUT2D eigenvalue weighted by molar-refractivity contribution is 7.87. The Balaban J connectivity index is 3.09. The van der Waals surface area contributed by atoms with Crippen LogP contribution in [0.2, 0.25) is 0 Å². The Morgan fingerprint density at radius 2 is 1.83 bits per heavy atom. The molecular formula is C11H11F3O3S. The van der Waals surface area contributed by atoms with Gasteiger partial charge < -0.3 is 4.18 Å². The van der Waals surface area contributed by atoms with E-state index in [0.29, 0.717) is 6.42 Å². The number of hydrogen-bond donors (Lipinski definition) is 0. The highest BCUT2D eigenvalue weighted by Gasteiger charge is 2.48. The number of alkyl halides is 3. The molecule has 0 atom stereocenters. The normalized spacial score (nSPS) is 13.4. The molecule has 1 aromatic carbocycles. The molecule has 0 spiro atoms. The Hall–Kier alpha value is -1.50. The Kier molecular flexibility index (Phi) is 4.39. The number of halogens is 3. The van der Waals surface area contributed by atoms with Crippen LogP contribution < -0.4 is 0 Å². The van der Waals surface area contributed by atoms with Crippen molar-refractivity contribution in [2.45, 2.75) is 18.9 Å². The lowest BCUT2D eigenvalue weighted by molar-refractivity contribution is -0.0509. The highest BCUT2D eigenvalue weighted by Crippen LogP contribution is 2.29. The van der Waals surface area contributed by atoms with E-state index in [0.717, 1.165) is 0 Å². The maximum atomic E-state index is 12.2. The fourth-order valence-corrected chi connectivity index (χ4v) is 1.65. The molecule has 0 amide bonds. The van der Waals surface area contributed by atoms with Gasteiger partial charge in [-0.1, -0.05) is 37.3 Å². The predicted octanol–water partition coefficient (Wildman–Crippen LogP) is 3.30. The van der Waals surface area contributed by atoms with Gasteiger partial charge in [0.05, 0.1) is 0 Å². The average molecular weight is 280 g/mol. The quantitative estimate of drug-likeness (QED) is 0.483. The summed E-state index contributed by atoms with van der Waals surface area (Å²) in [4.78, 5) is 0. The summed E-state index contributed by atoms with van der Waals surface area (Å²) in [5, 5.41) is 0.